The Hall–Kier alpha value is -3.62. The standard InChI is InChI=1S/C28H32N2O6/c1-4-15-36-23-10-7-21(18-19(23)2)26(31)24-25(20-5-8-22(34-3)9-6-20)30(28(33)27(24)32)12-11-29-13-16-35-17-14-29/h4-10,18,25,31H,1,11-17H2,2-3H3/b26-24+. The van der Waals surface area contributed by atoms with Crippen molar-refractivity contribution < 1.29 is 28.9 Å². The number of hydrogen-bond acceptors (Lipinski definition) is 7. The van der Waals surface area contributed by atoms with Gasteiger partial charge in [0.25, 0.3) is 11.7 Å². The summed E-state index contributed by atoms with van der Waals surface area (Å²) in [5, 5.41) is 11.3. The van der Waals surface area contributed by atoms with Crippen LogP contribution in [0, 0.1) is 6.92 Å². The third kappa shape index (κ3) is 5.29. The van der Waals surface area contributed by atoms with Gasteiger partial charge in [-0.3, -0.25) is 14.5 Å². The number of likely N-dealkylation sites (tertiary alicyclic amines) is 1. The van der Waals surface area contributed by atoms with E-state index in [9.17, 15) is 14.7 Å². The van der Waals surface area contributed by atoms with Crippen LogP contribution in [0.15, 0.2) is 60.7 Å². The highest BCUT2D eigenvalue weighted by atomic mass is 16.5. The first-order valence-corrected chi connectivity index (χ1v) is 12.0. The van der Waals surface area contributed by atoms with Gasteiger partial charge in [0.05, 0.1) is 31.9 Å². The summed E-state index contributed by atoms with van der Waals surface area (Å²) >= 11 is 0. The largest absolute Gasteiger partial charge is 0.507 e. The van der Waals surface area contributed by atoms with E-state index in [1.165, 1.54) is 0 Å². The molecule has 0 aromatic heterocycles. The second-order valence-electron chi connectivity index (χ2n) is 8.80. The minimum absolute atomic E-state index is 0.0753. The van der Waals surface area contributed by atoms with Crippen molar-refractivity contribution in [3.05, 3.63) is 77.4 Å². The van der Waals surface area contributed by atoms with E-state index in [1.807, 2.05) is 19.1 Å². The van der Waals surface area contributed by atoms with E-state index in [0.717, 1.165) is 24.2 Å². The quantitative estimate of drug-likeness (QED) is 0.249. The van der Waals surface area contributed by atoms with Gasteiger partial charge in [0.2, 0.25) is 0 Å². The minimum Gasteiger partial charge on any atom is -0.507 e. The first-order chi connectivity index (χ1) is 17.4. The van der Waals surface area contributed by atoms with Gasteiger partial charge in [-0.15, -0.1) is 0 Å². The molecule has 2 aliphatic rings. The Bertz CT molecular complexity index is 1150. The van der Waals surface area contributed by atoms with E-state index in [2.05, 4.69) is 11.5 Å². The molecule has 2 aliphatic heterocycles. The number of Topliss-reactive ketones (excluding diaryl/α,β-unsaturated/α-hetero) is 1. The van der Waals surface area contributed by atoms with Crippen molar-refractivity contribution in [2.75, 3.05) is 53.1 Å². The Kier molecular flexibility index (Phi) is 8.07. The summed E-state index contributed by atoms with van der Waals surface area (Å²) in [6, 6.07) is 11.7. The summed E-state index contributed by atoms with van der Waals surface area (Å²) in [5.41, 5.74) is 2.04. The van der Waals surface area contributed by atoms with E-state index in [-0.39, 0.29) is 11.3 Å². The topological polar surface area (TPSA) is 88.5 Å². The summed E-state index contributed by atoms with van der Waals surface area (Å²) in [7, 11) is 1.58. The lowest BCUT2D eigenvalue weighted by Crippen LogP contribution is -2.42. The third-order valence-electron chi connectivity index (χ3n) is 6.54. The van der Waals surface area contributed by atoms with Gasteiger partial charge in [-0.2, -0.15) is 0 Å². The van der Waals surface area contributed by atoms with Crippen LogP contribution in [-0.4, -0.2) is 79.7 Å². The molecule has 0 bridgehead atoms. The maximum atomic E-state index is 13.3. The van der Waals surface area contributed by atoms with Gasteiger partial charge in [0.15, 0.2) is 0 Å². The molecule has 4 rings (SSSR count). The predicted molar refractivity (Wildman–Crippen MR) is 136 cm³/mol. The van der Waals surface area contributed by atoms with Gasteiger partial charge in [0, 0.05) is 31.7 Å². The minimum atomic E-state index is -0.714. The molecule has 0 radical (unpaired) electrons. The van der Waals surface area contributed by atoms with Crippen molar-refractivity contribution in [3.63, 3.8) is 0 Å². The summed E-state index contributed by atoms with van der Waals surface area (Å²) in [6.45, 7) is 9.67. The van der Waals surface area contributed by atoms with E-state index in [1.54, 1.807) is 48.4 Å². The molecule has 0 aliphatic carbocycles. The second-order valence-corrected chi connectivity index (χ2v) is 8.80. The lowest BCUT2D eigenvalue weighted by atomic mass is 9.94. The Balaban J connectivity index is 1.72. The average molecular weight is 493 g/mol. The smallest absolute Gasteiger partial charge is 0.295 e. The normalized spacial score (nSPS) is 19.9. The summed E-state index contributed by atoms with van der Waals surface area (Å²) in [4.78, 5) is 30.2. The highest BCUT2D eigenvalue weighted by Crippen LogP contribution is 2.40. The fourth-order valence-electron chi connectivity index (χ4n) is 4.58. The zero-order chi connectivity index (χ0) is 25.7. The molecule has 0 saturated carbocycles. The Labute approximate surface area is 211 Å². The zero-order valence-corrected chi connectivity index (χ0v) is 20.7. The number of rotatable bonds is 9. The van der Waals surface area contributed by atoms with Crippen LogP contribution in [0.1, 0.15) is 22.7 Å². The highest BCUT2D eigenvalue weighted by molar-refractivity contribution is 6.46. The number of ether oxygens (including phenoxy) is 3. The van der Waals surface area contributed by atoms with Gasteiger partial charge in [-0.05, 0) is 48.4 Å². The number of aliphatic hydroxyl groups excluding tert-OH is 1. The number of carbonyl (C=O) groups excluding carboxylic acids is 2. The van der Waals surface area contributed by atoms with E-state index >= 15 is 0 Å². The monoisotopic (exact) mass is 492 g/mol. The van der Waals surface area contributed by atoms with E-state index in [0.29, 0.717) is 50.0 Å². The number of morpholine rings is 1. The van der Waals surface area contributed by atoms with Crippen LogP contribution in [0.25, 0.3) is 5.76 Å². The summed E-state index contributed by atoms with van der Waals surface area (Å²) in [6.07, 6.45) is 1.65. The molecule has 2 aromatic carbocycles. The Morgan fingerprint density at radius 2 is 1.86 bits per heavy atom. The first kappa shape index (κ1) is 25.5. The van der Waals surface area contributed by atoms with Gasteiger partial charge >= 0.3 is 0 Å². The number of methoxy groups -OCH3 is 1. The number of aliphatic hydroxyl groups is 1. The van der Waals surface area contributed by atoms with Crippen LogP contribution in [0.2, 0.25) is 0 Å². The SMILES string of the molecule is C=CCOc1ccc(/C(O)=C2\C(=O)C(=O)N(CCN3CCOCC3)C2c2ccc(OC)cc2)cc1C. The van der Waals surface area contributed by atoms with Crippen molar-refractivity contribution in [2.45, 2.75) is 13.0 Å². The Morgan fingerprint density at radius 3 is 2.50 bits per heavy atom. The van der Waals surface area contributed by atoms with E-state index < -0.39 is 17.7 Å². The van der Waals surface area contributed by atoms with Crippen LogP contribution < -0.4 is 9.47 Å². The first-order valence-electron chi connectivity index (χ1n) is 12.0. The molecule has 2 heterocycles. The highest BCUT2D eigenvalue weighted by Gasteiger charge is 2.46. The number of aryl methyl sites for hydroxylation is 1. The average Bonchev–Trinajstić information content (AvgIpc) is 3.16. The van der Waals surface area contributed by atoms with Crippen LogP contribution in [0.5, 0.6) is 11.5 Å². The second kappa shape index (κ2) is 11.4. The van der Waals surface area contributed by atoms with Crippen LogP contribution in [-0.2, 0) is 14.3 Å². The molecule has 2 fully saturated rings. The fourth-order valence-corrected chi connectivity index (χ4v) is 4.58. The predicted octanol–water partition coefficient (Wildman–Crippen LogP) is 3.32. The molecule has 2 saturated heterocycles. The number of benzene rings is 2. The summed E-state index contributed by atoms with van der Waals surface area (Å²) < 4.78 is 16.3. The molecule has 8 heteroatoms. The third-order valence-corrected chi connectivity index (χ3v) is 6.54. The molecule has 1 atom stereocenters. The molecule has 1 unspecified atom stereocenters. The molecular formula is C28H32N2O6. The van der Waals surface area contributed by atoms with Crippen molar-refractivity contribution >= 4 is 17.4 Å². The van der Waals surface area contributed by atoms with Crippen molar-refractivity contribution in [2.24, 2.45) is 0 Å². The molecule has 36 heavy (non-hydrogen) atoms. The number of ketones is 1. The molecule has 1 amide bonds. The molecule has 0 spiro atoms. The number of hydrogen-bond donors (Lipinski definition) is 1. The van der Waals surface area contributed by atoms with Gasteiger partial charge in [-0.1, -0.05) is 24.8 Å². The van der Waals surface area contributed by atoms with Gasteiger partial charge in [-0.25, -0.2) is 0 Å². The van der Waals surface area contributed by atoms with Crippen LogP contribution in [0.4, 0.5) is 0 Å². The molecule has 1 N–H and O–H groups in total. The summed E-state index contributed by atoms with van der Waals surface area (Å²) in [5.74, 6) is -0.200. The maximum Gasteiger partial charge on any atom is 0.295 e. The van der Waals surface area contributed by atoms with Gasteiger partial charge in [0.1, 0.15) is 23.9 Å². The van der Waals surface area contributed by atoms with Crippen molar-refractivity contribution in [3.8, 4) is 11.5 Å². The number of amides is 1. The fraction of sp³-hybridized carbons (Fsp3) is 0.357. The van der Waals surface area contributed by atoms with Crippen LogP contribution in [0.3, 0.4) is 0 Å². The number of nitrogens with zero attached hydrogens (tertiary/aromatic N) is 2. The molecular weight excluding hydrogens is 460 g/mol. The Morgan fingerprint density at radius 1 is 1.14 bits per heavy atom. The van der Waals surface area contributed by atoms with Crippen molar-refractivity contribution in [1.29, 1.82) is 0 Å². The van der Waals surface area contributed by atoms with Crippen molar-refractivity contribution in [1.82, 2.24) is 9.80 Å². The van der Waals surface area contributed by atoms with E-state index in [4.69, 9.17) is 14.2 Å². The lowest BCUT2D eigenvalue weighted by Gasteiger charge is -2.31. The number of carbonyl (C=O) groups is 2. The molecule has 8 nitrogen and oxygen atoms in total. The van der Waals surface area contributed by atoms with Gasteiger partial charge < -0.3 is 24.2 Å². The molecule has 190 valence electrons. The van der Waals surface area contributed by atoms with Crippen LogP contribution >= 0.6 is 0 Å². The maximum absolute atomic E-state index is 13.3. The zero-order valence-electron chi connectivity index (χ0n) is 20.7. The molecule has 2 aromatic rings. The lowest BCUT2D eigenvalue weighted by molar-refractivity contribution is -0.140.